The summed E-state index contributed by atoms with van der Waals surface area (Å²) in [4.78, 5) is 4.22. The van der Waals surface area contributed by atoms with Crippen LogP contribution in [0.2, 0.25) is 0 Å². The summed E-state index contributed by atoms with van der Waals surface area (Å²) in [7, 11) is 0. The van der Waals surface area contributed by atoms with Crippen LogP contribution in [0, 0.1) is 0 Å². The third-order valence-corrected chi connectivity index (χ3v) is 2.53. The van der Waals surface area contributed by atoms with Crippen molar-refractivity contribution in [1.29, 1.82) is 0 Å². The van der Waals surface area contributed by atoms with Crippen molar-refractivity contribution in [2.24, 2.45) is 0 Å². The van der Waals surface area contributed by atoms with E-state index in [1.807, 2.05) is 12.1 Å². The molecule has 0 saturated carbocycles. The van der Waals surface area contributed by atoms with E-state index in [2.05, 4.69) is 17.1 Å². The predicted octanol–water partition coefficient (Wildman–Crippen LogP) is 1.97. The van der Waals surface area contributed by atoms with E-state index in [0.29, 0.717) is 23.2 Å². The lowest BCUT2D eigenvalue weighted by molar-refractivity contribution is 0.187. The summed E-state index contributed by atoms with van der Waals surface area (Å²) in [6.07, 6.45) is 1.76. The molecule has 0 radical (unpaired) electrons. The van der Waals surface area contributed by atoms with E-state index in [1.54, 1.807) is 12.1 Å². The molecule has 1 N–H and O–H groups in total. The standard InChI is InChI=1S/C14H18N2O4/c1-2-5-13-15-14(20-16-13)10-19-12-7-4-3-6-11(12)18-9-8-17/h3-4,6-7,17H,2,5,8-10H2,1H3. The number of aromatic nitrogens is 2. The highest BCUT2D eigenvalue weighted by atomic mass is 16.5. The molecular weight excluding hydrogens is 260 g/mol. The monoisotopic (exact) mass is 278 g/mol. The normalized spacial score (nSPS) is 10.5. The smallest absolute Gasteiger partial charge is 0.264 e. The van der Waals surface area contributed by atoms with Gasteiger partial charge in [0.15, 0.2) is 23.9 Å². The average Bonchev–Trinajstić information content (AvgIpc) is 2.92. The van der Waals surface area contributed by atoms with Gasteiger partial charge in [-0.05, 0) is 18.6 Å². The summed E-state index contributed by atoms with van der Waals surface area (Å²) < 4.78 is 16.1. The van der Waals surface area contributed by atoms with Crippen LogP contribution in [0.3, 0.4) is 0 Å². The van der Waals surface area contributed by atoms with Gasteiger partial charge in [0.05, 0.1) is 6.61 Å². The van der Waals surface area contributed by atoms with Crippen LogP contribution in [-0.2, 0) is 13.0 Å². The molecular formula is C14H18N2O4. The number of nitrogens with zero attached hydrogens (tertiary/aromatic N) is 2. The van der Waals surface area contributed by atoms with Crippen molar-refractivity contribution in [3.8, 4) is 11.5 Å². The molecule has 6 nitrogen and oxygen atoms in total. The second-order valence-electron chi connectivity index (χ2n) is 4.16. The molecule has 0 aliphatic heterocycles. The highest BCUT2D eigenvalue weighted by molar-refractivity contribution is 5.39. The molecule has 1 heterocycles. The van der Waals surface area contributed by atoms with Crippen molar-refractivity contribution in [3.63, 3.8) is 0 Å². The number of ether oxygens (including phenoxy) is 2. The number of hydrogen-bond acceptors (Lipinski definition) is 6. The summed E-state index contributed by atoms with van der Waals surface area (Å²) in [5.41, 5.74) is 0. The first-order valence-electron chi connectivity index (χ1n) is 6.60. The topological polar surface area (TPSA) is 77.6 Å². The predicted molar refractivity (Wildman–Crippen MR) is 71.6 cm³/mol. The Morgan fingerprint density at radius 2 is 1.95 bits per heavy atom. The van der Waals surface area contributed by atoms with E-state index in [9.17, 15) is 0 Å². The van der Waals surface area contributed by atoms with Crippen molar-refractivity contribution in [3.05, 3.63) is 36.0 Å². The van der Waals surface area contributed by atoms with E-state index in [4.69, 9.17) is 19.1 Å². The van der Waals surface area contributed by atoms with Gasteiger partial charge in [0.1, 0.15) is 6.61 Å². The Morgan fingerprint density at radius 1 is 1.20 bits per heavy atom. The molecule has 20 heavy (non-hydrogen) atoms. The Kier molecular flexibility index (Phi) is 5.37. The molecule has 0 spiro atoms. The lowest BCUT2D eigenvalue weighted by Crippen LogP contribution is -2.04. The summed E-state index contributed by atoms with van der Waals surface area (Å²) in [6.45, 7) is 2.43. The van der Waals surface area contributed by atoms with E-state index in [0.717, 1.165) is 12.8 Å². The van der Waals surface area contributed by atoms with Gasteiger partial charge in [0.2, 0.25) is 0 Å². The van der Waals surface area contributed by atoms with Crippen molar-refractivity contribution in [1.82, 2.24) is 10.1 Å². The molecule has 0 aliphatic carbocycles. The molecule has 0 fully saturated rings. The number of aryl methyl sites for hydroxylation is 1. The summed E-state index contributed by atoms with van der Waals surface area (Å²) >= 11 is 0. The minimum Gasteiger partial charge on any atom is -0.487 e. The van der Waals surface area contributed by atoms with Gasteiger partial charge in [-0.1, -0.05) is 24.2 Å². The molecule has 108 valence electrons. The summed E-state index contributed by atoms with van der Waals surface area (Å²) in [5.74, 6) is 2.28. The van der Waals surface area contributed by atoms with Gasteiger partial charge in [0, 0.05) is 6.42 Å². The zero-order valence-electron chi connectivity index (χ0n) is 11.4. The minimum atomic E-state index is -0.0433. The van der Waals surface area contributed by atoms with Crippen LogP contribution in [0.15, 0.2) is 28.8 Å². The fraction of sp³-hybridized carbons (Fsp3) is 0.429. The largest absolute Gasteiger partial charge is 0.487 e. The molecule has 1 aromatic carbocycles. The molecule has 2 rings (SSSR count). The van der Waals surface area contributed by atoms with Crippen molar-refractivity contribution >= 4 is 0 Å². The first kappa shape index (κ1) is 14.3. The van der Waals surface area contributed by atoms with Gasteiger partial charge in [-0.25, -0.2) is 0 Å². The Bertz CT molecular complexity index is 527. The number of benzene rings is 1. The van der Waals surface area contributed by atoms with Crippen LogP contribution in [0.25, 0.3) is 0 Å². The maximum atomic E-state index is 8.78. The number of para-hydroxylation sites is 2. The van der Waals surface area contributed by atoms with E-state index in [-0.39, 0.29) is 19.8 Å². The molecule has 0 unspecified atom stereocenters. The zero-order valence-corrected chi connectivity index (χ0v) is 11.4. The first-order valence-corrected chi connectivity index (χ1v) is 6.60. The van der Waals surface area contributed by atoms with E-state index < -0.39 is 0 Å². The van der Waals surface area contributed by atoms with Gasteiger partial charge < -0.3 is 19.1 Å². The lowest BCUT2D eigenvalue weighted by atomic mass is 10.3. The Labute approximate surface area is 117 Å². The molecule has 0 amide bonds. The summed E-state index contributed by atoms with van der Waals surface area (Å²) in [6, 6.07) is 7.25. The van der Waals surface area contributed by atoms with E-state index >= 15 is 0 Å². The third kappa shape index (κ3) is 3.96. The Hall–Kier alpha value is -2.08. The second kappa shape index (κ2) is 7.49. The maximum absolute atomic E-state index is 8.78. The van der Waals surface area contributed by atoms with Gasteiger partial charge in [-0.3, -0.25) is 0 Å². The number of aliphatic hydroxyl groups excluding tert-OH is 1. The van der Waals surface area contributed by atoms with Crippen molar-refractivity contribution in [2.75, 3.05) is 13.2 Å². The highest BCUT2D eigenvalue weighted by Gasteiger charge is 2.09. The maximum Gasteiger partial charge on any atom is 0.264 e. The average molecular weight is 278 g/mol. The molecule has 0 saturated heterocycles. The minimum absolute atomic E-state index is 0.0433. The Balaban J connectivity index is 1.95. The lowest BCUT2D eigenvalue weighted by Gasteiger charge is -2.10. The van der Waals surface area contributed by atoms with Crippen LogP contribution in [0.4, 0.5) is 0 Å². The van der Waals surface area contributed by atoms with Crippen LogP contribution in [-0.4, -0.2) is 28.5 Å². The van der Waals surface area contributed by atoms with Crippen LogP contribution in [0.5, 0.6) is 11.5 Å². The SMILES string of the molecule is CCCc1noc(COc2ccccc2OCCO)n1. The van der Waals surface area contributed by atoms with Crippen LogP contribution < -0.4 is 9.47 Å². The second-order valence-corrected chi connectivity index (χ2v) is 4.16. The summed E-state index contributed by atoms with van der Waals surface area (Å²) in [5, 5.41) is 12.6. The number of hydrogen-bond donors (Lipinski definition) is 1. The fourth-order valence-corrected chi connectivity index (χ4v) is 1.66. The molecule has 6 heteroatoms. The van der Waals surface area contributed by atoms with Crippen molar-refractivity contribution < 1.29 is 19.1 Å². The number of aliphatic hydroxyl groups is 1. The van der Waals surface area contributed by atoms with Gasteiger partial charge in [-0.15, -0.1) is 0 Å². The quantitative estimate of drug-likeness (QED) is 0.795. The number of rotatable bonds is 8. The fourth-order valence-electron chi connectivity index (χ4n) is 1.66. The van der Waals surface area contributed by atoms with Gasteiger partial charge in [0.25, 0.3) is 5.89 Å². The highest BCUT2D eigenvalue weighted by Crippen LogP contribution is 2.27. The van der Waals surface area contributed by atoms with Gasteiger partial charge >= 0.3 is 0 Å². The molecule has 2 aromatic rings. The van der Waals surface area contributed by atoms with Crippen molar-refractivity contribution in [2.45, 2.75) is 26.4 Å². The van der Waals surface area contributed by atoms with Crippen LogP contribution >= 0.6 is 0 Å². The first-order chi connectivity index (χ1) is 9.83. The van der Waals surface area contributed by atoms with Gasteiger partial charge in [-0.2, -0.15) is 4.98 Å². The molecule has 1 aromatic heterocycles. The van der Waals surface area contributed by atoms with E-state index in [1.165, 1.54) is 0 Å². The Morgan fingerprint density at radius 3 is 2.65 bits per heavy atom. The zero-order chi connectivity index (χ0) is 14.2. The molecule has 0 aliphatic rings. The molecule has 0 atom stereocenters. The third-order valence-electron chi connectivity index (χ3n) is 2.53. The van der Waals surface area contributed by atoms with Crippen LogP contribution in [0.1, 0.15) is 25.1 Å². The molecule has 0 bridgehead atoms.